The van der Waals surface area contributed by atoms with Gasteiger partial charge in [-0.2, -0.15) is 18.6 Å². The summed E-state index contributed by atoms with van der Waals surface area (Å²) in [5.74, 6) is -3.05. The third kappa shape index (κ3) is 8.09. The number of carboxylic acid groups (broad SMARTS) is 1. The van der Waals surface area contributed by atoms with Crippen LogP contribution in [0.3, 0.4) is 0 Å². The molecule has 1 N–H and O–H groups in total. The number of carbonyl (C=O) groups is 2. The van der Waals surface area contributed by atoms with Gasteiger partial charge in [0.25, 0.3) is 5.91 Å². The van der Waals surface area contributed by atoms with Crippen molar-refractivity contribution in [2.45, 2.75) is 6.18 Å². The number of aliphatic carboxylic acids is 1. The molecule has 0 fully saturated rings. The Bertz CT molecular complexity index is 453. The summed E-state index contributed by atoms with van der Waals surface area (Å²) in [6.45, 7) is 0. The average Bonchev–Trinajstić information content (AvgIpc) is 2.27. The van der Waals surface area contributed by atoms with Gasteiger partial charge in [0.1, 0.15) is 5.97 Å². The van der Waals surface area contributed by atoms with Gasteiger partial charge in [-0.25, -0.2) is 4.59 Å². The summed E-state index contributed by atoms with van der Waals surface area (Å²) < 4.78 is 32.0. The van der Waals surface area contributed by atoms with Crippen molar-refractivity contribution >= 4 is 11.9 Å². The fraction of sp³-hybridized carbons (Fsp3) is 0.333. The lowest BCUT2D eigenvalue weighted by molar-refractivity contribution is -0.905. The largest absolute Gasteiger partial charge is 0.542 e. The molecule has 0 aliphatic carbocycles. The Labute approximate surface area is 114 Å². The van der Waals surface area contributed by atoms with Crippen LogP contribution in [0.15, 0.2) is 30.3 Å². The second-order valence-electron chi connectivity index (χ2n) is 4.60. The predicted molar refractivity (Wildman–Crippen MR) is 63.0 cm³/mol. The number of carbonyl (C=O) groups excluding carboxylic acids is 2. The molecule has 0 aliphatic heterocycles. The molecule has 0 radical (unpaired) electrons. The Balaban J connectivity index is 0.000000441. The third-order valence-corrected chi connectivity index (χ3v) is 1.70. The second-order valence-corrected chi connectivity index (χ2v) is 4.60. The second kappa shape index (κ2) is 6.90. The molecule has 112 valence electrons. The minimum Gasteiger partial charge on any atom is -0.542 e. The number of carboxylic acids is 1. The van der Waals surface area contributed by atoms with Gasteiger partial charge in [0, 0.05) is 5.56 Å². The van der Waals surface area contributed by atoms with E-state index in [1.807, 2.05) is 39.3 Å². The van der Waals surface area contributed by atoms with E-state index in [2.05, 4.69) is 5.43 Å². The van der Waals surface area contributed by atoms with Gasteiger partial charge in [0.15, 0.2) is 0 Å². The summed E-state index contributed by atoms with van der Waals surface area (Å²) in [6, 6.07) is 9.19. The van der Waals surface area contributed by atoms with E-state index in [1.54, 1.807) is 12.1 Å². The van der Waals surface area contributed by atoms with Crippen molar-refractivity contribution in [3.05, 3.63) is 35.9 Å². The number of rotatable bonds is 2. The quantitative estimate of drug-likeness (QED) is 0.631. The third-order valence-electron chi connectivity index (χ3n) is 1.70. The average molecular weight is 292 g/mol. The van der Waals surface area contributed by atoms with Crippen LogP contribution in [-0.2, 0) is 4.79 Å². The van der Waals surface area contributed by atoms with Gasteiger partial charge >= 0.3 is 6.18 Å². The lowest BCUT2D eigenvalue weighted by Crippen LogP contribution is -2.51. The number of benzene rings is 1. The van der Waals surface area contributed by atoms with Crippen LogP contribution in [0.5, 0.6) is 0 Å². The molecule has 8 heteroatoms. The Morgan fingerprint density at radius 3 is 1.80 bits per heavy atom. The summed E-state index contributed by atoms with van der Waals surface area (Å²) in [4.78, 5) is 20.3. The molecule has 20 heavy (non-hydrogen) atoms. The number of halogens is 3. The van der Waals surface area contributed by atoms with Crippen LogP contribution in [0.4, 0.5) is 13.2 Å². The molecule has 0 unspecified atom stereocenters. The van der Waals surface area contributed by atoms with E-state index in [4.69, 9.17) is 9.90 Å². The van der Waals surface area contributed by atoms with Crippen LogP contribution in [0.25, 0.3) is 0 Å². The molecule has 1 aromatic rings. The first-order valence-corrected chi connectivity index (χ1v) is 5.41. The molecule has 0 aliphatic rings. The van der Waals surface area contributed by atoms with E-state index in [1.165, 1.54) is 0 Å². The molecule has 0 spiro atoms. The lowest BCUT2D eigenvalue weighted by atomic mass is 10.2. The molecule has 0 bridgehead atoms. The highest BCUT2D eigenvalue weighted by Gasteiger charge is 2.28. The number of alkyl halides is 3. The van der Waals surface area contributed by atoms with Crippen molar-refractivity contribution < 1.29 is 32.5 Å². The predicted octanol–water partition coefficient (Wildman–Crippen LogP) is 0.336. The van der Waals surface area contributed by atoms with Crippen LogP contribution in [0.2, 0.25) is 0 Å². The highest BCUT2D eigenvalue weighted by atomic mass is 19.4. The summed E-state index contributed by atoms with van der Waals surface area (Å²) >= 11 is 0. The van der Waals surface area contributed by atoms with E-state index >= 15 is 0 Å². The Morgan fingerprint density at radius 1 is 1.10 bits per heavy atom. The number of hydrogen-bond acceptors (Lipinski definition) is 3. The number of amides is 1. The molecule has 0 atom stereocenters. The molecule has 1 rings (SSSR count). The highest BCUT2D eigenvalue weighted by molar-refractivity contribution is 5.93. The van der Waals surface area contributed by atoms with Gasteiger partial charge in [0.05, 0.1) is 21.1 Å². The first-order chi connectivity index (χ1) is 8.93. The maximum absolute atomic E-state index is 11.5. The van der Waals surface area contributed by atoms with E-state index in [9.17, 15) is 18.0 Å². The van der Waals surface area contributed by atoms with E-state index in [0.717, 1.165) is 0 Å². The Morgan fingerprint density at radius 2 is 1.50 bits per heavy atom. The molecule has 1 aromatic carbocycles. The number of nitrogens with one attached hydrogen (secondary N) is 1. The Hall–Kier alpha value is -2.09. The van der Waals surface area contributed by atoms with Crippen LogP contribution in [0.1, 0.15) is 10.4 Å². The standard InChI is InChI=1S/C10H14N2O.C2HF3O2/c1-12(2,3)11-10(13)9-7-5-4-6-8-9;3-2(4,5)1(6)7/h4-8H,1-3H3;(H,6,7). The minimum absolute atomic E-state index is 0.0481. The topological polar surface area (TPSA) is 69.2 Å². The molecule has 0 saturated heterocycles. The van der Waals surface area contributed by atoms with Crippen molar-refractivity contribution in [1.82, 2.24) is 5.43 Å². The molecular formula is C12H15F3N2O3. The summed E-state index contributed by atoms with van der Waals surface area (Å²) in [7, 11) is 5.71. The number of nitrogens with zero attached hydrogens (tertiary/aromatic N) is 1. The van der Waals surface area contributed by atoms with Crippen molar-refractivity contribution in [3.63, 3.8) is 0 Å². The zero-order chi connectivity index (χ0) is 16.0. The first-order valence-electron chi connectivity index (χ1n) is 5.41. The molecule has 5 nitrogen and oxygen atoms in total. The zero-order valence-corrected chi connectivity index (χ0v) is 11.2. The zero-order valence-electron chi connectivity index (χ0n) is 11.2. The lowest BCUT2D eigenvalue weighted by Gasteiger charge is -2.23. The molecule has 0 heterocycles. The van der Waals surface area contributed by atoms with Crippen LogP contribution >= 0.6 is 0 Å². The molecule has 0 saturated carbocycles. The molecule has 1 amide bonds. The SMILES string of the molecule is C[N+](C)(C)NC(=O)c1ccccc1.O=C([O-])C(F)(F)F. The number of quaternary nitrogens is 1. The monoisotopic (exact) mass is 292 g/mol. The van der Waals surface area contributed by atoms with Gasteiger partial charge in [-0.3, -0.25) is 4.79 Å². The normalized spacial score (nSPS) is 11.1. The fourth-order valence-corrected chi connectivity index (χ4v) is 0.959. The van der Waals surface area contributed by atoms with Gasteiger partial charge in [-0.05, 0) is 12.1 Å². The van der Waals surface area contributed by atoms with Crippen LogP contribution in [-0.4, -0.2) is 43.8 Å². The first kappa shape index (κ1) is 17.9. The maximum atomic E-state index is 11.5. The highest BCUT2D eigenvalue weighted by Crippen LogP contribution is 2.11. The van der Waals surface area contributed by atoms with E-state index in [-0.39, 0.29) is 5.91 Å². The van der Waals surface area contributed by atoms with E-state index in [0.29, 0.717) is 10.2 Å². The summed E-state index contributed by atoms with van der Waals surface area (Å²) in [6.07, 6.45) is -5.19. The van der Waals surface area contributed by atoms with Crippen molar-refractivity contribution in [2.24, 2.45) is 0 Å². The van der Waals surface area contributed by atoms with Crippen molar-refractivity contribution in [2.75, 3.05) is 21.1 Å². The van der Waals surface area contributed by atoms with Crippen molar-refractivity contribution in [1.29, 1.82) is 0 Å². The van der Waals surface area contributed by atoms with Gasteiger partial charge in [-0.15, -0.1) is 0 Å². The summed E-state index contributed by atoms with van der Waals surface area (Å²) in [5, 5.41) is 8.78. The van der Waals surface area contributed by atoms with Crippen molar-refractivity contribution in [3.8, 4) is 0 Å². The maximum Gasteiger partial charge on any atom is 0.430 e. The number of hydrogen-bond donors (Lipinski definition) is 1. The van der Waals surface area contributed by atoms with Gasteiger partial charge in [-0.1, -0.05) is 18.2 Å². The van der Waals surface area contributed by atoms with Crippen LogP contribution < -0.4 is 10.5 Å². The van der Waals surface area contributed by atoms with E-state index < -0.39 is 12.1 Å². The van der Waals surface area contributed by atoms with Gasteiger partial charge < -0.3 is 9.90 Å². The molecule has 0 aromatic heterocycles. The Kier molecular flexibility index (Phi) is 6.18. The fourth-order valence-electron chi connectivity index (χ4n) is 0.959. The summed E-state index contributed by atoms with van der Waals surface area (Å²) in [5.41, 5.74) is 3.52. The van der Waals surface area contributed by atoms with Crippen LogP contribution in [0, 0.1) is 0 Å². The minimum atomic E-state index is -5.19. The smallest absolute Gasteiger partial charge is 0.430 e. The van der Waals surface area contributed by atoms with Gasteiger partial charge in [0.2, 0.25) is 0 Å². The molecular weight excluding hydrogens is 277 g/mol.